The molecule has 0 aliphatic carbocycles. The molecule has 0 aliphatic rings. The first-order valence-corrected chi connectivity index (χ1v) is 5.46. The standard InChI is InChI=1S/C13H19NO/c1-3-4-5-6-12-7-9-13(10-8-12)11(2)14-15/h7-10,14-15H,2-6H2,1H3. The lowest BCUT2D eigenvalue weighted by molar-refractivity contribution is 0.225. The average Bonchev–Trinajstić information content (AvgIpc) is 2.29. The minimum atomic E-state index is 0.537. The Kier molecular flexibility index (Phi) is 4.91. The highest BCUT2D eigenvalue weighted by molar-refractivity contribution is 5.60. The molecule has 0 heterocycles. The smallest absolute Gasteiger partial charge is 0.0602 e. The number of hydroxylamine groups is 1. The van der Waals surface area contributed by atoms with E-state index in [1.807, 2.05) is 12.1 Å². The molecule has 1 aromatic carbocycles. The van der Waals surface area contributed by atoms with Crippen molar-refractivity contribution in [2.75, 3.05) is 0 Å². The van der Waals surface area contributed by atoms with Gasteiger partial charge in [-0.2, -0.15) is 0 Å². The van der Waals surface area contributed by atoms with Crippen LogP contribution in [0.15, 0.2) is 30.8 Å². The zero-order valence-corrected chi connectivity index (χ0v) is 9.29. The molecule has 0 amide bonds. The summed E-state index contributed by atoms with van der Waals surface area (Å²) in [7, 11) is 0. The van der Waals surface area contributed by atoms with Gasteiger partial charge in [-0.1, -0.05) is 50.6 Å². The molecule has 15 heavy (non-hydrogen) atoms. The fraction of sp³-hybridized carbons (Fsp3) is 0.385. The molecule has 0 radical (unpaired) electrons. The molecule has 2 nitrogen and oxygen atoms in total. The van der Waals surface area contributed by atoms with Crippen LogP contribution in [0.4, 0.5) is 0 Å². The summed E-state index contributed by atoms with van der Waals surface area (Å²) in [6, 6.07) is 8.14. The van der Waals surface area contributed by atoms with E-state index < -0.39 is 0 Å². The quantitative estimate of drug-likeness (QED) is 0.551. The second-order valence-electron chi connectivity index (χ2n) is 3.74. The summed E-state index contributed by atoms with van der Waals surface area (Å²) in [6.45, 7) is 5.90. The molecule has 0 spiro atoms. The largest absolute Gasteiger partial charge is 0.291 e. The van der Waals surface area contributed by atoms with Crippen molar-refractivity contribution < 1.29 is 5.21 Å². The maximum atomic E-state index is 8.68. The maximum Gasteiger partial charge on any atom is 0.0602 e. The molecule has 0 saturated carbocycles. The fourth-order valence-electron chi connectivity index (χ4n) is 1.52. The summed E-state index contributed by atoms with van der Waals surface area (Å²) in [4.78, 5) is 0. The Morgan fingerprint density at radius 2 is 1.93 bits per heavy atom. The summed E-state index contributed by atoms with van der Waals surface area (Å²) in [6.07, 6.45) is 4.91. The van der Waals surface area contributed by atoms with Crippen molar-refractivity contribution >= 4 is 5.70 Å². The van der Waals surface area contributed by atoms with Gasteiger partial charge in [-0.15, -0.1) is 0 Å². The highest BCUT2D eigenvalue weighted by Gasteiger charge is 1.97. The van der Waals surface area contributed by atoms with Crippen molar-refractivity contribution in [3.63, 3.8) is 0 Å². The average molecular weight is 205 g/mol. The van der Waals surface area contributed by atoms with Gasteiger partial charge in [0.05, 0.1) is 5.70 Å². The van der Waals surface area contributed by atoms with Gasteiger partial charge >= 0.3 is 0 Å². The topological polar surface area (TPSA) is 32.3 Å². The Labute approximate surface area is 91.6 Å². The Morgan fingerprint density at radius 3 is 2.47 bits per heavy atom. The van der Waals surface area contributed by atoms with E-state index in [1.54, 1.807) is 0 Å². The lowest BCUT2D eigenvalue weighted by atomic mass is 10.0. The van der Waals surface area contributed by atoms with E-state index in [1.165, 1.54) is 24.8 Å². The van der Waals surface area contributed by atoms with Gasteiger partial charge in [0.15, 0.2) is 0 Å². The first-order chi connectivity index (χ1) is 7.27. The van der Waals surface area contributed by atoms with E-state index in [0.29, 0.717) is 5.70 Å². The second-order valence-corrected chi connectivity index (χ2v) is 3.74. The zero-order chi connectivity index (χ0) is 11.1. The maximum absolute atomic E-state index is 8.68. The molecule has 1 aromatic rings. The molecule has 0 aliphatic heterocycles. The molecule has 0 aromatic heterocycles. The number of benzene rings is 1. The van der Waals surface area contributed by atoms with Gasteiger partial charge in [0.25, 0.3) is 0 Å². The Morgan fingerprint density at radius 1 is 1.27 bits per heavy atom. The van der Waals surface area contributed by atoms with E-state index in [2.05, 4.69) is 31.1 Å². The number of hydrogen-bond donors (Lipinski definition) is 2. The monoisotopic (exact) mass is 205 g/mol. The SMILES string of the molecule is C=C(NO)c1ccc(CCCCC)cc1. The van der Waals surface area contributed by atoms with Gasteiger partial charge in [0.1, 0.15) is 0 Å². The van der Waals surface area contributed by atoms with Crippen LogP contribution in [0.1, 0.15) is 37.3 Å². The number of nitrogens with one attached hydrogen (secondary N) is 1. The first kappa shape index (κ1) is 11.8. The van der Waals surface area contributed by atoms with Gasteiger partial charge in [-0.25, -0.2) is 0 Å². The van der Waals surface area contributed by atoms with Gasteiger partial charge in [-0.3, -0.25) is 10.7 Å². The molecule has 0 saturated heterocycles. The van der Waals surface area contributed by atoms with Crippen molar-refractivity contribution in [2.24, 2.45) is 0 Å². The Bertz CT molecular complexity index is 303. The summed E-state index contributed by atoms with van der Waals surface area (Å²) < 4.78 is 0. The van der Waals surface area contributed by atoms with Crippen molar-refractivity contribution in [3.8, 4) is 0 Å². The summed E-state index contributed by atoms with van der Waals surface area (Å²) >= 11 is 0. The van der Waals surface area contributed by atoms with Crippen LogP contribution in [-0.2, 0) is 6.42 Å². The van der Waals surface area contributed by atoms with E-state index in [4.69, 9.17) is 5.21 Å². The van der Waals surface area contributed by atoms with Gasteiger partial charge in [-0.05, 0) is 24.0 Å². The summed E-state index contributed by atoms with van der Waals surface area (Å²) in [5, 5.41) is 8.68. The number of hydrogen-bond acceptors (Lipinski definition) is 2. The number of rotatable bonds is 6. The molecule has 0 fully saturated rings. The van der Waals surface area contributed by atoms with Crippen molar-refractivity contribution in [1.82, 2.24) is 5.48 Å². The molecule has 2 heteroatoms. The van der Waals surface area contributed by atoms with Gasteiger partial charge in [0.2, 0.25) is 0 Å². The third kappa shape index (κ3) is 3.76. The van der Waals surface area contributed by atoms with Crippen LogP contribution in [0, 0.1) is 0 Å². The van der Waals surface area contributed by atoms with Crippen LogP contribution in [0.5, 0.6) is 0 Å². The van der Waals surface area contributed by atoms with Crippen LogP contribution in [0.2, 0.25) is 0 Å². The van der Waals surface area contributed by atoms with Crippen LogP contribution < -0.4 is 5.48 Å². The molecule has 0 bridgehead atoms. The summed E-state index contributed by atoms with van der Waals surface area (Å²) in [5.41, 5.74) is 4.87. The third-order valence-corrected chi connectivity index (χ3v) is 2.51. The van der Waals surface area contributed by atoms with Gasteiger partial charge in [0, 0.05) is 0 Å². The Balaban J connectivity index is 2.52. The van der Waals surface area contributed by atoms with Crippen molar-refractivity contribution in [3.05, 3.63) is 42.0 Å². The highest BCUT2D eigenvalue weighted by Crippen LogP contribution is 2.12. The van der Waals surface area contributed by atoms with Crippen molar-refractivity contribution in [2.45, 2.75) is 32.6 Å². The zero-order valence-electron chi connectivity index (χ0n) is 9.29. The number of aryl methyl sites for hydroxylation is 1. The molecule has 1 rings (SSSR count). The second kappa shape index (κ2) is 6.25. The summed E-state index contributed by atoms with van der Waals surface area (Å²) in [5.74, 6) is 0. The Hall–Kier alpha value is -1.28. The van der Waals surface area contributed by atoms with E-state index in [-0.39, 0.29) is 0 Å². The van der Waals surface area contributed by atoms with Crippen molar-refractivity contribution in [1.29, 1.82) is 0 Å². The fourth-order valence-corrected chi connectivity index (χ4v) is 1.52. The minimum Gasteiger partial charge on any atom is -0.291 e. The molecule has 0 unspecified atom stereocenters. The third-order valence-electron chi connectivity index (χ3n) is 2.51. The first-order valence-electron chi connectivity index (χ1n) is 5.46. The lowest BCUT2D eigenvalue weighted by Gasteiger charge is -2.05. The van der Waals surface area contributed by atoms with E-state index >= 15 is 0 Å². The molecular formula is C13H19NO. The minimum absolute atomic E-state index is 0.537. The normalized spacial score (nSPS) is 10.0. The predicted molar refractivity (Wildman–Crippen MR) is 63.6 cm³/mol. The van der Waals surface area contributed by atoms with Crippen LogP contribution in [-0.4, -0.2) is 5.21 Å². The lowest BCUT2D eigenvalue weighted by Crippen LogP contribution is -2.03. The highest BCUT2D eigenvalue weighted by atomic mass is 16.5. The molecule has 2 N–H and O–H groups in total. The van der Waals surface area contributed by atoms with Crippen LogP contribution in [0.25, 0.3) is 5.70 Å². The van der Waals surface area contributed by atoms with Gasteiger partial charge < -0.3 is 0 Å². The molecule has 82 valence electrons. The number of unbranched alkanes of at least 4 members (excludes halogenated alkanes) is 2. The van der Waals surface area contributed by atoms with E-state index in [9.17, 15) is 0 Å². The molecule has 0 atom stereocenters. The van der Waals surface area contributed by atoms with E-state index in [0.717, 1.165) is 12.0 Å². The van der Waals surface area contributed by atoms with Crippen LogP contribution >= 0.6 is 0 Å². The molecular weight excluding hydrogens is 186 g/mol. The predicted octanol–water partition coefficient (Wildman–Crippen LogP) is 3.37. The van der Waals surface area contributed by atoms with Crippen LogP contribution in [0.3, 0.4) is 0 Å².